The van der Waals surface area contributed by atoms with Crippen molar-refractivity contribution in [2.75, 3.05) is 6.54 Å². The maximum atomic E-state index is 12.8. The van der Waals surface area contributed by atoms with Crippen LogP contribution in [0.15, 0.2) is 24.4 Å². The maximum Gasteiger partial charge on any atom is 0.226 e. The highest BCUT2D eigenvalue weighted by Gasteiger charge is 2.29. The Morgan fingerprint density at radius 1 is 1.50 bits per heavy atom. The van der Waals surface area contributed by atoms with Gasteiger partial charge in [0.05, 0.1) is 12.2 Å². The Labute approximate surface area is 121 Å². The molecule has 110 valence electrons. The average molecular weight is 275 g/mol. The number of hydrogen-bond acceptors (Lipinski definition) is 3. The van der Waals surface area contributed by atoms with Crippen molar-refractivity contribution in [3.05, 3.63) is 30.1 Å². The van der Waals surface area contributed by atoms with E-state index < -0.39 is 0 Å². The number of aromatic nitrogens is 1. The van der Waals surface area contributed by atoms with Gasteiger partial charge in [0, 0.05) is 24.2 Å². The summed E-state index contributed by atoms with van der Waals surface area (Å²) in [6.45, 7) is 7.84. The van der Waals surface area contributed by atoms with Gasteiger partial charge in [0.1, 0.15) is 0 Å². The van der Waals surface area contributed by atoms with Crippen LogP contribution in [0.4, 0.5) is 0 Å². The summed E-state index contributed by atoms with van der Waals surface area (Å²) >= 11 is 0. The number of piperidine rings is 1. The summed E-state index contributed by atoms with van der Waals surface area (Å²) in [5.41, 5.74) is 0.955. The van der Waals surface area contributed by atoms with Gasteiger partial charge in [0.25, 0.3) is 0 Å². The molecule has 4 nitrogen and oxygen atoms in total. The molecule has 20 heavy (non-hydrogen) atoms. The van der Waals surface area contributed by atoms with Gasteiger partial charge < -0.3 is 10.2 Å². The summed E-state index contributed by atoms with van der Waals surface area (Å²) < 4.78 is 0. The predicted molar refractivity (Wildman–Crippen MR) is 80.1 cm³/mol. The summed E-state index contributed by atoms with van der Waals surface area (Å²) in [7, 11) is 0. The molecule has 0 bridgehead atoms. The maximum absolute atomic E-state index is 12.8. The molecule has 1 aromatic heterocycles. The van der Waals surface area contributed by atoms with Crippen LogP contribution in [0.5, 0.6) is 0 Å². The third-order valence-electron chi connectivity index (χ3n) is 3.94. The van der Waals surface area contributed by atoms with Gasteiger partial charge >= 0.3 is 0 Å². The van der Waals surface area contributed by atoms with E-state index in [-0.39, 0.29) is 17.9 Å². The molecule has 4 heteroatoms. The Kier molecular flexibility index (Phi) is 5.12. The van der Waals surface area contributed by atoms with Gasteiger partial charge in [-0.1, -0.05) is 6.07 Å². The molecule has 1 fully saturated rings. The Morgan fingerprint density at radius 2 is 2.30 bits per heavy atom. The lowest BCUT2D eigenvalue weighted by Crippen LogP contribution is -2.46. The zero-order valence-corrected chi connectivity index (χ0v) is 12.7. The topological polar surface area (TPSA) is 45.2 Å². The third kappa shape index (κ3) is 3.79. The summed E-state index contributed by atoms with van der Waals surface area (Å²) in [6, 6.07) is 6.49. The van der Waals surface area contributed by atoms with Gasteiger partial charge in [-0.2, -0.15) is 0 Å². The Bertz CT molecular complexity index is 433. The first-order valence-electron chi connectivity index (χ1n) is 7.51. The van der Waals surface area contributed by atoms with Crippen LogP contribution < -0.4 is 5.32 Å². The van der Waals surface area contributed by atoms with Gasteiger partial charge in [0.15, 0.2) is 0 Å². The van der Waals surface area contributed by atoms with E-state index >= 15 is 0 Å². The van der Waals surface area contributed by atoms with Crippen molar-refractivity contribution in [3.8, 4) is 0 Å². The van der Waals surface area contributed by atoms with E-state index in [2.05, 4.69) is 31.1 Å². The van der Waals surface area contributed by atoms with Crippen molar-refractivity contribution in [2.24, 2.45) is 5.92 Å². The fourth-order valence-corrected chi connectivity index (χ4v) is 2.77. The van der Waals surface area contributed by atoms with E-state index in [4.69, 9.17) is 0 Å². The molecule has 0 radical (unpaired) electrons. The minimum atomic E-state index is 0.150. The molecule has 2 heterocycles. The highest BCUT2D eigenvalue weighted by atomic mass is 16.2. The second-order valence-electron chi connectivity index (χ2n) is 5.96. The molecule has 1 saturated heterocycles. The lowest BCUT2D eigenvalue weighted by atomic mass is 9.91. The van der Waals surface area contributed by atoms with Crippen molar-refractivity contribution >= 4 is 5.91 Å². The Balaban J connectivity index is 2.06. The van der Waals surface area contributed by atoms with Gasteiger partial charge in [-0.05, 0) is 52.3 Å². The van der Waals surface area contributed by atoms with E-state index in [1.165, 1.54) is 0 Å². The van der Waals surface area contributed by atoms with Gasteiger partial charge in [-0.3, -0.25) is 9.78 Å². The predicted octanol–water partition coefficient (Wildman–Crippen LogP) is 2.21. The lowest BCUT2D eigenvalue weighted by Gasteiger charge is -2.34. The van der Waals surface area contributed by atoms with Crippen LogP contribution in [0.3, 0.4) is 0 Å². The van der Waals surface area contributed by atoms with Crippen LogP contribution in [-0.2, 0) is 11.3 Å². The summed E-state index contributed by atoms with van der Waals surface area (Å²) in [4.78, 5) is 19.1. The zero-order valence-electron chi connectivity index (χ0n) is 12.7. The minimum absolute atomic E-state index is 0.150. The van der Waals surface area contributed by atoms with Crippen LogP contribution in [-0.4, -0.2) is 34.4 Å². The second-order valence-corrected chi connectivity index (χ2v) is 5.96. The Hall–Kier alpha value is -1.42. The normalized spacial score (nSPS) is 22.8. The van der Waals surface area contributed by atoms with Crippen LogP contribution in [0.2, 0.25) is 0 Å². The molecular formula is C16H25N3O. The van der Waals surface area contributed by atoms with E-state index in [1.54, 1.807) is 6.20 Å². The van der Waals surface area contributed by atoms with Crippen LogP contribution in [0.1, 0.15) is 39.3 Å². The molecule has 1 N–H and O–H groups in total. The Morgan fingerprint density at radius 3 is 2.90 bits per heavy atom. The van der Waals surface area contributed by atoms with E-state index in [0.717, 1.165) is 25.1 Å². The third-order valence-corrected chi connectivity index (χ3v) is 3.94. The number of rotatable bonds is 4. The molecule has 1 amide bonds. The first-order chi connectivity index (χ1) is 9.58. The first kappa shape index (κ1) is 15.0. The number of nitrogens with one attached hydrogen (secondary N) is 1. The molecule has 0 aromatic carbocycles. The molecule has 1 aliphatic heterocycles. The number of pyridine rings is 1. The molecule has 2 rings (SSSR count). The SMILES string of the molecule is CC1CC(C(=O)N(Cc2ccccn2)C(C)C)CCN1. The highest BCUT2D eigenvalue weighted by Crippen LogP contribution is 2.21. The average Bonchev–Trinajstić information content (AvgIpc) is 2.45. The van der Waals surface area contributed by atoms with Gasteiger partial charge in [-0.25, -0.2) is 0 Å². The van der Waals surface area contributed by atoms with Crippen LogP contribution in [0, 0.1) is 5.92 Å². The van der Waals surface area contributed by atoms with Crippen LogP contribution >= 0.6 is 0 Å². The molecule has 2 atom stereocenters. The van der Waals surface area contributed by atoms with Gasteiger partial charge in [0.2, 0.25) is 5.91 Å². The fourth-order valence-electron chi connectivity index (χ4n) is 2.77. The molecule has 0 saturated carbocycles. The molecule has 1 aliphatic rings. The van der Waals surface area contributed by atoms with Crippen molar-refractivity contribution in [1.29, 1.82) is 0 Å². The molecule has 1 aromatic rings. The summed E-state index contributed by atoms with van der Waals surface area (Å²) in [5, 5.41) is 3.40. The smallest absolute Gasteiger partial charge is 0.226 e. The number of hydrogen-bond donors (Lipinski definition) is 1. The summed E-state index contributed by atoms with van der Waals surface area (Å²) in [6.07, 6.45) is 3.66. The number of carbonyl (C=O) groups excluding carboxylic acids is 1. The largest absolute Gasteiger partial charge is 0.334 e. The quantitative estimate of drug-likeness (QED) is 0.916. The van der Waals surface area contributed by atoms with E-state index in [1.807, 2.05) is 23.1 Å². The minimum Gasteiger partial charge on any atom is -0.334 e. The monoisotopic (exact) mass is 275 g/mol. The van der Waals surface area contributed by atoms with E-state index in [9.17, 15) is 4.79 Å². The number of carbonyl (C=O) groups is 1. The molecule has 0 aliphatic carbocycles. The molecular weight excluding hydrogens is 250 g/mol. The van der Waals surface area contributed by atoms with Crippen LogP contribution in [0.25, 0.3) is 0 Å². The van der Waals surface area contributed by atoms with Crippen molar-refractivity contribution in [1.82, 2.24) is 15.2 Å². The zero-order chi connectivity index (χ0) is 14.5. The van der Waals surface area contributed by atoms with E-state index in [0.29, 0.717) is 12.6 Å². The first-order valence-corrected chi connectivity index (χ1v) is 7.51. The fraction of sp³-hybridized carbons (Fsp3) is 0.625. The van der Waals surface area contributed by atoms with Crippen molar-refractivity contribution in [2.45, 2.75) is 52.2 Å². The van der Waals surface area contributed by atoms with Crippen molar-refractivity contribution < 1.29 is 4.79 Å². The standard InChI is InChI=1S/C16H25N3O/c1-12(2)19(11-15-6-4-5-8-18-15)16(20)14-7-9-17-13(3)10-14/h4-6,8,12-14,17H,7,9-11H2,1-3H3. The summed E-state index contributed by atoms with van der Waals surface area (Å²) in [5.74, 6) is 0.427. The lowest BCUT2D eigenvalue weighted by molar-refractivity contribution is -0.139. The molecule has 0 spiro atoms. The molecule has 2 unspecified atom stereocenters. The number of amides is 1. The van der Waals surface area contributed by atoms with Gasteiger partial charge in [-0.15, -0.1) is 0 Å². The number of nitrogens with zero attached hydrogens (tertiary/aromatic N) is 2. The van der Waals surface area contributed by atoms with Crippen molar-refractivity contribution in [3.63, 3.8) is 0 Å². The second kappa shape index (κ2) is 6.84. The highest BCUT2D eigenvalue weighted by molar-refractivity contribution is 5.79.